The molecule has 0 aliphatic heterocycles. The first-order valence-corrected chi connectivity index (χ1v) is 6.20. The number of aliphatic hydroxyl groups excluding tert-OH is 1. The molecule has 0 aromatic heterocycles. The number of hydrogen-bond acceptors (Lipinski definition) is 3. The molecule has 1 N–H and O–H groups in total. The fourth-order valence-electron chi connectivity index (χ4n) is 1.53. The molecule has 1 aromatic carbocycles. The van der Waals surface area contributed by atoms with Crippen LogP contribution in [0.15, 0.2) is 18.2 Å². The van der Waals surface area contributed by atoms with Gasteiger partial charge in [-0.15, -0.1) is 0 Å². The first kappa shape index (κ1) is 15.4. The Balaban J connectivity index is 2.31. The first-order chi connectivity index (χ1) is 8.65. The number of methoxy groups -OCH3 is 1. The maximum Gasteiger partial charge on any atom is 0.145 e. The van der Waals surface area contributed by atoms with E-state index in [9.17, 15) is 9.50 Å². The van der Waals surface area contributed by atoms with E-state index in [1.807, 2.05) is 0 Å². The zero-order chi connectivity index (χ0) is 13.4. The van der Waals surface area contributed by atoms with Crippen LogP contribution in [0.3, 0.4) is 0 Å². The number of halogens is 2. The lowest BCUT2D eigenvalue weighted by molar-refractivity contribution is 0.0477. The minimum Gasteiger partial charge on any atom is -0.393 e. The van der Waals surface area contributed by atoms with Gasteiger partial charge in [0.05, 0.1) is 24.3 Å². The van der Waals surface area contributed by atoms with E-state index in [1.54, 1.807) is 19.2 Å². The van der Waals surface area contributed by atoms with E-state index < -0.39 is 11.9 Å². The monoisotopic (exact) mass is 276 g/mol. The summed E-state index contributed by atoms with van der Waals surface area (Å²) in [6, 6.07) is 4.78. The van der Waals surface area contributed by atoms with Gasteiger partial charge in [-0.25, -0.2) is 4.39 Å². The van der Waals surface area contributed by atoms with Crippen LogP contribution in [0, 0.1) is 5.82 Å². The van der Waals surface area contributed by atoms with Gasteiger partial charge in [-0.2, -0.15) is 0 Å². The summed E-state index contributed by atoms with van der Waals surface area (Å²) >= 11 is 5.66. The summed E-state index contributed by atoms with van der Waals surface area (Å²) in [6.07, 6.45) is 0.0518. The van der Waals surface area contributed by atoms with Gasteiger partial charge in [0.25, 0.3) is 0 Å². The fraction of sp³-hybridized carbons (Fsp3) is 0.538. The second-order valence-corrected chi connectivity index (χ2v) is 4.37. The Morgan fingerprint density at radius 3 is 2.83 bits per heavy atom. The van der Waals surface area contributed by atoms with Gasteiger partial charge in [0.2, 0.25) is 0 Å². The highest BCUT2D eigenvalue weighted by molar-refractivity contribution is 6.30. The van der Waals surface area contributed by atoms with E-state index in [0.29, 0.717) is 31.8 Å². The van der Waals surface area contributed by atoms with Crippen LogP contribution in [0.25, 0.3) is 0 Å². The lowest BCUT2D eigenvalue weighted by atomic mass is 10.1. The summed E-state index contributed by atoms with van der Waals surface area (Å²) < 4.78 is 23.6. The summed E-state index contributed by atoms with van der Waals surface area (Å²) in [5, 5.41) is 9.83. The summed E-state index contributed by atoms with van der Waals surface area (Å²) in [5.41, 5.74) is 0.423. The second kappa shape index (κ2) is 8.43. The Bertz CT molecular complexity index is 360. The number of rotatable bonds is 8. The van der Waals surface area contributed by atoms with Gasteiger partial charge in [0, 0.05) is 20.1 Å². The van der Waals surface area contributed by atoms with Crippen LogP contribution in [0.5, 0.6) is 0 Å². The van der Waals surface area contributed by atoms with Crippen molar-refractivity contribution in [1.82, 2.24) is 0 Å². The van der Waals surface area contributed by atoms with Crippen LogP contribution in [-0.2, 0) is 15.9 Å². The minimum atomic E-state index is -0.638. The van der Waals surface area contributed by atoms with Crippen molar-refractivity contribution in [2.45, 2.75) is 18.9 Å². The Hall–Kier alpha value is -0.680. The van der Waals surface area contributed by atoms with Gasteiger partial charge in [-0.05, 0) is 18.1 Å². The fourth-order valence-corrected chi connectivity index (χ4v) is 1.72. The van der Waals surface area contributed by atoms with Crippen molar-refractivity contribution in [3.8, 4) is 0 Å². The largest absolute Gasteiger partial charge is 0.393 e. The molecular weight excluding hydrogens is 259 g/mol. The van der Waals surface area contributed by atoms with Crippen molar-refractivity contribution in [2.75, 3.05) is 26.9 Å². The molecule has 0 spiro atoms. The number of hydrogen-bond donors (Lipinski definition) is 1. The van der Waals surface area contributed by atoms with E-state index in [1.165, 1.54) is 6.07 Å². The van der Waals surface area contributed by atoms with Crippen molar-refractivity contribution < 1.29 is 19.0 Å². The van der Waals surface area contributed by atoms with Gasteiger partial charge < -0.3 is 14.6 Å². The summed E-state index contributed by atoms with van der Waals surface area (Å²) in [6.45, 7) is 1.44. The third-order valence-electron chi connectivity index (χ3n) is 2.51. The van der Waals surface area contributed by atoms with E-state index in [4.69, 9.17) is 21.1 Å². The first-order valence-electron chi connectivity index (χ1n) is 5.82. The predicted molar refractivity (Wildman–Crippen MR) is 68.4 cm³/mol. The Morgan fingerprint density at radius 2 is 2.11 bits per heavy atom. The molecule has 0 saturated carbocycles. The van der Waals surface area contributed by atoms with Gasteiger partial charge in [-0.1, -0.05) is 23.7 Å². The third-order valence-corrected chi connectivity index (χ3v) is 2.81. The Labute approximate surface area is 111 Å². The predicted octanol–water partition coefficient (Wildman–Crippen LogP) is 2.44. The molecule has 5 heteroatoms. The topological polar surface area (TPSA) is 38.7 Å². The Morgan fingerprint density at radius 1 is 1.33 bits per heavy atom. The zero-order valence-electron chi connectivity index (χ0n) is 10.4. The highest BCUT2D eigenvalue weighted by Crippen LogP contribution is 2.19. The molecule has 1 aromatic rings. The van der Waals surface area contributed by atoms with Gasteiger partial charge in [0.15, 0.2) is 0 Å². The van der Waals surface area contributed by atoms with Crippen molar-refractivity contribution in [3.05, 3.63) is 34.6 Å². The van der Waals surface area contributed by atoms with E-state index >= 15 is 0 Å². The van der Waals surface area contributed by atoms with Crippen molar-refractivity contribution in [1.29, 1.82) is 0 Å². The second-order valence-electron chi connectivity index (χ2n) is 3.96. The lowest BCUT2D eigenvalue weighted by Crippen LogP contribution is -2.15. The van der Waals surface area contributed by atoms with Crippen molar-refractivity contribution in [2.24, 2.45) is 0 Å². The third kappa shape index (κ3) is 5.31. The normalized spacial score (nSPS) is 12.7. The SMILES string of the molecule is COCCOCCC(O)Cc1cccc(Cl)c1F. The van der Waals surface area contributed by atoms with Crippen LogP contribution < -0.4 is 0 Å². The van der Waals surface area contributed by atoms with Gasteiger partial charge in [-0.3, -0.25) is 0 Å². The molecule has 0 amide bonds. The van der Waals surface area contributed by atoms with Crippen LogP contribution in [0.4, 0.5) is 4.39 Å². The molecule has 1 rings (SSSR count). The van der Waals surface area contributed by atoms with Gasteiger partial charge >= 0.3 is 0 Å². The van der Waals surface area contributed by atoms with Crippen LogP contribution in [0.1, 0.15) is 12.0 Å². The molecule has 1 unspecified atom stereocenters. The van der Waals surface area contributed by atoms with Crippen molar-refractivity contribution >= 4 is 11.6 Å². The molecular formula is C13H18ClFO3. The molecule has 0 bridgehead atoms. The molecule has 102 valence electrons. The van der Waals surface area contributed by atoms with Crippen molar-refractivity contribution in [3.63, 3.8) is 0 Å². The highest BCUT2D eigenvalue weighted by atomic mass is 35.5. The van der Waals surface area contributed by atoms with E-state index in [2.05, 4.69) is 0 Å². The molecule has 18 heavy (non-hydrogen) atoms. The smallest absolute Gasteiger partial charge is 0.145 e. The Kier molecular flexibility index (Phi) is 7.20. The summed E-state index contributed by atoms with van der Waals surface area (Å²) in [4.78, 5) is 0. The standard InChI is InChI=1S/C13H18ClFO3/c1-17-7-8-18-6-5-11(16)9-10-3-2-4-12(14)13(10)15/h2-4,11,16H,5-9H2,1H3. The van der Waals surface area contributed by atoms with Crippen LogP contribution in [-0.4, -0.2) is 38.1 Å². The van der Waals surface area contributed by atoms with Crippen LogP contribution >= 0.6 is 11.6 Å². The van der Waals surface area contributed by atoms with E-state index in [-0.39, 0.29) is 11.4 Å². The van der Waals surface area contributed by atoms with Gasteiger partial charge in [0.1, 0.15) is 5.82 Å². The summed E-state index contributed by atoms with van der Waals surface area (Å²) in [7, 11) is 1.60. The average molecular weight is 277 g/mol. The quantitative estimate of drug-likeness (QED) is 0.741. The van der Waals surface area contributed by atoms with Crippen LogP contribution in [0.2, 0.25) is 5.02 Å². The highest BCUT2D eigenvalue weighted by Gasteiger charge is 2.11. The molecule has 0 saturated heterocycles. The minimum absolute atomic E-state index is 0.0797. The maximum atomic E-state index is 13.6. The maximum absolute atomic E-state index is 13.6. The molecule has 0 fully saturated rings. The zero-order valence-corrected chi connectivity index (χ0v) is 11.1. The number of ether oxygens (including phenoxy) is 2. The summed E-state index contributed by atoms with van der Waals surface area (Å²) in [5.74, 6) is -0.460. The molecule has 0 heterocycles. The molecule has 0 aliphatic carbocycles. The molecule has 3 nitrogen and oxygen atoms in total. The molecule has 0 radical (unpaired) electrons. The molecule has 1 atom stereocenters. The molecule has 0 aliphatic rings. The van der Waals surface area contributed by atoms with E-state index in [0.717, 1.165) is 0 Å². The number of benzene rings is 1. The number of aliphatic hydroxyl groups is 1. The average Bonchev–Trinajstić information content (AvgIpc) is 2.35. The lowest BCUT2D eigenvalue weighted by Gasteiger charge is -2.12.